The second kappa shape index (κ2) is 6.42. The first kappa shape index (κ1) is 15.9. The number of benzene rings is 4. The molecule has 0 aliphatic heterocycles. The van der Waals surface area contributed by atoms with Crippen molar-refractivity contribution in [2.24, 2.45) is 5.73 Å². The third-order valence-electron chi connectivity index (χ3n) is 5.11. The molecule has 0 aliphatic carbocycles. The largest absolute Gasteiger partial charge is 0.456 e. The van der Waals surface area contributed by atoms with Crippen LogP contribution in [0.2, 0.25) is 0 Å². The zero-order valence-corrected chi connectivity index (χ0v) is 14.8. The van der Waals surface area contributed by atoms with Gasteiger partial charge in [0, 0.05) is 10.8 Å². The van der Waals surface area contributed by atoms with Crippen molar-refractivity contribution in [1.82, 2.24) is 0 Å². The maximum atomic E-state index is 6.61. The quantitative estimate of drug-likeness (QED) is 0.415. The van der Waals surface area contributed by atoms with Gasteiger partial charge in [-0.05, 0) is 40.5 Å². The van der Waals surface area contributed by atoms with E-state index >= 15 is 0 Å². The van der Waals surface area contributed by atoms with Crippen LogP contribution in [-0.2, 0) is 0 Å². The molecule has 4 aromatic carbocycles. The van der Waals surface area contributed by atoms with Gasteiger partial charge in [0.2, 0.25) is 0 Å². The van der Waals surface area contributed by atoms with Crippen LogP contribution in [0.4, 0.5) is 0 Å². The monoisotopic (exact) mass is 349 g/mol. The number of fused-ring (bicyclic) bond motifs is 3. The van der Waals surface area contributed by atoms with Crippen molar-refractivity contribution in [2.45, 2.75) is 6.04 Å². The van der Waals surface area contributed by atoms with Gasteiger partial charge in [-0.1, -0.05) is 78.9 Å². The maximum Gasteiger partial charge on any atom is 0.135 e. The fourth-order valence-corrected chi connectivity index (χ4v) is 3.67. The lowest BCUT2D eigenvalue weighted by molar-refractivity contribution is 0.667. The lowest BCUT2D eigenvalue weighted by Gasteiger charge is -2.14. The van der Waals surface area contributed by atoms with Gasteiger partial charge < -0.3 is 10.2 Å². The van der Waals surface area contributed by atoms with Crippen LogP contribution in [0.3, 0.4) is 0 Å². The van der Waals surface area contributed by atoms with E-state index in [1.54, 1.807) is 0 Å². The minimum atomic E-state index is -0.203. The summed E-state index contributed by atoms with van der Waals surface area (Å²) in [4.78, 5) is 0. The molecule has 1 unspecified atom stereocenters. The number of rotatable bonds is 3. The van der Waals surface area contributed by atoms with Crippen LogP contribution < -0.4 is 5.73 Å². The Bertz CT molecular complexity index is 1240. The van der Waals surface area contributed by atoms with Crippen LogP contribution in [0, 0.1) is 0 Å². The Balaban J connectivity index is 1.55. The Morgan fingerprint density at radius 1 is 0.556 bits per heavy atom. The molecule has 2 N–H and O–H groups in total. The summed E-state index contributed by atoms with van der Waals surface area (Å²) in [6, 6.07) is 33.0. The fraction of sp³-hybridized carbons (Fsp3) is 0.0400. The summed E-state index contributed by atoms with van der Waals surface area (Å²) in [5.41, 5.74) is 12.9. The molecule has 0 bridgehead atoms. The summed E-state index contributed by atoms with van der Waals surface area (Å²) in [6.45, 7) is 0. The van der Waals surface area contributed by atoms with Crippen molar-refractivity contribution < 1.29 is 4.42 Å². The molecule has 0 aliphatic rings. The number of furan rings is 1. The van der Waals surface area contributed by atoms with Gasteiger partial charge in [-0.3, -0.25) is 0 Å². The second-order valence-corrected chi connectivity index (χ2v) is 6.82. The van der Waals surface area contributed by atoms with E-state index in [2.05, 4.69) is 72.8 Å². The number of hydrogen-bond donors (Lipinski definition) is 1. The Morgan fingerprint density at radius 2 is 1.26 bits per heavy atom. The summed E-state index contributed by atoms with van der Waals surface area (Å²) >= 11 is 0. The lowest BCUT2D eigenvalue weighted by atomic mass is 9.95. The average molecular weight is 349 g/mol. The van der Waals surface area contributed by atoms with Gasteiger partial charge in [-0.2, -0.15) is 0 Å². The topological polar surface area (TPSA) is 39.2 Å². The molecule has 0 saturated carbocycles. The Morgan fingerprint density at radius 3 is 2.15 bits per heavy atom. The molecule has 1 atom stereocenters. The molecule has 0 amide bonds. The van der Waals surface area contributed by atoms with Gasteiger partial charge in [0.15, 0.2) is 0 Å². The third kappa shape index (κ3) is 2.80. The van der Waals surface area contributed by atoms with Crippen LogP contribution in [0.15, 0.2) is 101 Å². The second-order valence-electron chi connectivity index (χ2n) is 6.82. The SMILES string of the molecule is NC(c1cccc(-c2ccccc2)c1)c1ccc2c(c1)oc1ccccc12. The molecule has 27 heavy (non-hydrogen) atoms. The van der Waals surface area contributed by atoms with Crippen molar-refractivity contribution in [3.63, 3.8) is 0 Å². The minimum absolute atomic E-state index is 0.203. The number of nitrogens with two attached hydrogens (primary N) is 1. The van der Waals surface area contributed by atoms with Gasteiger partial charge in [0.25, 0.3) is 0 Å². The molecular weight excluding hydrogens is 330 g/mol. The molecule has 5 aromatic rings. The highest BCUT2D eigenvalue weighted by molar-refractivity contribution is 6.04. The summed E-state index contributed by atoms with van der Waals surface area (Å²) in [5, 5.41) is 2.26. The van der Waals surface area contributed by atoms with E-state index in [0.29, 0.717) is 0 Å². The highest BCUT2D eigenvalue weighted by atomic mass is 16.3. The van der Waals surface area contributed by atoms with Crippen molar-refractivity contribution in [3.05, 3.63) is 108 Å². The maximum absolute atomic E-state index is 6.61. The molecule has 5 rings (SSSR count). The number of para-hydroxylation sites is 1. The first-order chi connectivity index (χ1) is 13.3. The van der Waals surface area contributed by atoms with Crippen molar-refractivity contribution >= 4 is 21.9 Å². The average Bonchev–Trinajstić information content (AvgIpc) is 3.12. The molecule has 0 spiro atoms. The molecule has 0 radical (unpaired) electrons. The molecule has 1 heterocycles. The van der Waals surface area contributed by atoms with Crippen molar-refractivity contribution in [2.75, 3.05) is 0 Å². The van der Waals surface area contributed by atoms with Crippen LogP contribution in [0.5, 0.6) is 0 Å². The molecule has 2 heteroatoms. The van der Waals surface area contributed by atoms with Crippen molar-refractivity contribution in [3.8, 4) is 11.1 Å². The summed E-state index contributed by atoms with van der Waals surface area (Å²) in [5.74, 6) is 0. The van der Waals surface area contributed by atoms with Gasteiger partial charge in [0.1, 0.15) is 11.2 Å². The summed E-state index contributed by atoms with van der Waals surface area (Å²) in [6.07, 6.45) is 0. The van der Waals surface area contributed by atoms with Gasteiger partial charge in [-0.15, -0.1) is 0 Å². The Kier molecular flexibility index (Phi) is 3.77. The van der Waals surface area contributed by atoms with Crippen LogP contribution in [-0.4, -0.2) is 0 Å². The highest BCUT2D eigenvalue weighted by Gasteiger charge is 2.13. The molecule has 1 aromatic heterocycles. The van der Waals surface area contributed by atoms with E-state index in [1.807, 2.05) is 24.3 Å². The van der Waals surface area contributed by atoms with Crippen LogP contribution in [0.25, 0.3) is 33.1 Å². The zero-order chi connectivity index (χ0) is 18.2. The molecule has 0 saturated heterocycles. The van der Waals surface area contributed by atoms with E-state index in [0.717, 1.165) is 33.1 Å². The first-order valence-electron chi connectivity index (χ1n) is 9.12. The van der Waals surface area contributed by atoms with E-state index < -0.39 is 0 Å². The zero-order valence-electron chi connectivity index (χ0n) is 14.8. The van der Waals surface area contributed by atoms with Gasteiger partial charge >= 0.3 is 0 Å². The molecule has 130 valence electrons. The Labute approximate surface area is 157 Å². The first-order valence-corrected chi connectivity index (χ1v) is 9.12. The molecule has 2 nitrogen and oxygen atoms in total. The molecule has 0 fully saturated rings. The van der Waals surface area contributed by atoms with Crippen LogP contribution in [0.1, 0.15) is 17.2 Å². The van der Waals surface area contributed by atoms with Gasteiger partial charge in [-0.25, -0.2) is 0 Å². The third-order valence-corrected chi connectivity index (χ3v) is 5.11. The van der Waals surface area contributed by atoms with E-state index in [9.17, 15) is 0 Å². The predicted octanol–water partition coefficient (Wildman–Crippen LogP) is 6.30. The Hall–Kier alpha value is -3.36. The smallest absolute Gasteiger partial charge is 0.135 e. The normalized spacial score (nSPS) is 12.5. The number of hydrogen-bond acceptors (Lipinski definition) is 2. The standard InChI is InChI=1S/C25H19NO/c26-25(19-10-6-9-18(15-19)17-7-2-1-3-8-17)20-13-14-22-21-11-4-5-12-23(21)27-24(22)16-20/h1-16,25H,26H2. The minimum Gasteiger partial charge on any atom is -0.456 e. The van der Waals surface area contributed by atoms with Crippen molar-refractivity contribution in [1.29, 1.82) is 0 Å². The lowest BCUT2D eigenvalue weighted by Crippen LogP contribution is -2.11. The van der Waals surface area contributed by atoms with Crippen LogP contribution >= 0.6 is 0 Å². The highest BCUT2D eigenvalue weighted by Crippen LogP contribution is 2.32. The molecular formula is C25H19NO. The predicted molar refractivity (Wildman–Crippen MR) is 112 cm³/mol. The fourth-order valence-electron chi connectivity index (χ4n) is 3.67. The van der Waals surface area contributed by atoms with E-state index in [1.165, 1.54) is 11.1 Å². The summed E-state index contributed by atoms with van der Waals surface area (Å²) < 4.78 is 6.02. The van der Waals surface area contributed by atoms with E-state index in [-0.39, 0.29) is 6.04 Å². The van der Waals surface area contributed by atoms with Gasteiger partial charge in [0.05, 0.1) is 6.04 Å². The summed E-state index contributed by atoms with van der Waals surface area (Å²) in [7, 11) is 0. The van der Waals surface area contributed by atoms with E-state index in [4.69, 9.17) is 10.2 Å².